The first kappa shape index (κ1) is 27.7. The summed E-state index contributed by atoms with van der Waals surface area (Å²) < 4.78 is 4.77. The number of likely N-dealkylation sites (tertiary alicyclic amines) is 1. The summed E-state index contributed by atoms with van der Waals surface area (Å²) in [6, 6.07) is 24.9. The van der Waals surface area contributed by atoms with Crippen LogP contribution in [0.4, 0.5) is 4.79 Å². The smallest absolute Gasteiger partial charge is 0.423 e. The van der Waals surface area contributed by atoms with Crippen LogP contribution in [0.15, 0.2) is 103 Å². The lowest BCUT2D eigenvalue weighted by atomic mass is 9.44. The normalized spacial score (nSPS) is 29.3. The van der Waals surface area contributed by atoms with Gasteiger partial charge in [0.1, 0.15) is 5.75 Å². The van der Waals surface area contributed by atoms with Crippen molar-refractivity contribution in [3.05, 3.63) is 119 Å². The van der Waals surface area contributed by atoms with E-state index in [9.17, 15) is 29.1 Å². The van der Waals surface area contributed by atoms with Gasteiger partial charge < -0.3 is 9.84 Å². The molecule has 0 bridgehead atoms. The number of rotatable bonds is 3. The molecule has 3 amide bonds. The van der Waals surface area contributed by atoms with Gasteiger partial charge in [-0.05, 0) is 42.0 Å². The number of benzene rings is 3. The van der Waals surface area contributed by atoms with E-state index in [-0.39, 0.29) is 35.7 Å². The zero-order chi connectivity index (χ0) is 30.7. The van der Waals surface area contributed by atoms with Crippen molar-refractivity contribution in [3.63, 3.8) is 0 Å². The zero-order valence-corrected chi connectivity index (χ0v) is 23.9. The van der Waals surface area contributed by atoms with Gasteiger partial charge in [0.2, 0.25) is 11.8 Å². The highest BCUT2D eigenvalue weighted by molar-refractivity contribution is 6.31. The topological polar surface area (TPSA) is 118 Å². The van der Waals surface area contributed by atoms with E-state index in [2.05, 4.69) is 0 Å². The first-order valence-electron chi connectivity index (χ1n) is 14.7. The number of para-hydroxylation sites is 1. The third-order valence-corrected chi connectivity index (χ3v) is 9.98. The number of ether oxygens (including phenoxy) is 1. The number of carbonyl (C=O) groups is 5. The van der Waals surface area contributed by atoms with Crippen LogP contribution in [0.5, 0.6) is 5.75 Å². The summed E-state index contributed by atoms with van der Waals surface area (Å²) >= 11 is 0. The summed E-state index contributed by atoms with van der Waals surface area (Å²) in [5, 5.41) is 11.3. The first-order chi connectivity index (χ1) is 21.3. The number of Topliss-reactive ketones (excluding diaryl/α,β-unsaturated/α-hetero) is 1. The molecule has 6 atom stereocenters. The number of phenolic OH excluding ortho intramolecular Hbond substituents is 1. The summed E-state index contributed by atoms with van der Waals surface area (Å²) in [5.41, 5.74) is 1.25. The molecule has 1 saturated carbocycles. The molecule has 7 rings (SSSR count). The Morgan fingerprint density at radius 3 is 2.20 bits per heavy atom. The van der Waals surface area contributed by atoms with E-state index in [0.717, 1.165) is 7.11 Å². The van der Waals surface area contributed by atoms with Gasteiger partial charge >= 0.3 is 6.09 Å². The van der Waals surface area contributed by atoms with Crippen LogP contribution in [-0.2, 0) is 29.3 Å². The second kappa shape index (κ2) is 10.3. The maximum Gasteiger partial charge on any atom is 0.423 e. The van der Waals surface area contributed by atoms with Gasteiger partial charge in [-0.25, -0.2) is 4.79 Å². The number of aromatic hydroxyl groups is 1. The maximum atomic E-state index is 14.8. The number of carbonyl (C=O) groups excluding carboxylic acids is 5. The highest BCUT2D eigenvalue weighted by atomic mass is 16.5. The van der Waals surface area contributed by atoms with Crippen molar-refractivity contribution in [2.24, 2.45) is 23.7 Å². The van der Waals surface area contributed by atoms with E-state index in [1.807, 2.05) is 42.5 Å². The van der Waals surface area contributed by atoms with E-state index in [1.54, 1.807) is 48.5 Å². The van der Waals surface area contributed by atoms with Crippen LogP contribution in [0.1, 0.15) is 35.4 Å². The fraction of sp³-hybridized carbons (Fsp3) is 0.250. The quantitative estimate of drug-likeness (QED) is 0.339. The molecule has 1 aliphatic heterocycles. The molecule has 1 N–H and O–H groups in total. The molecule has 3 aromatic carbocycles. The molecule has 3 aromatic rings. The predicted molar refractivity (Wildman–Crippen MR) is 159 cm³/mol. The largest absolute Gasteiger partial charge is 0.508 e. The molecule has 1 saturated heterocycles. The number of hydrogen-bond donors (Lipinski definition) is 1. The highest BCUT2D eigenvalue weighted by Crippen LogP contribution is 2.64. The molecule has 0 unspecified atom stereocenters. The van der Waals surface area contributed by atoms with Crippen LogP contribution < -0.4 is 0 Å². The lowest BCUT2D eigenvalue weighted by molar-refractivity contribution is -0.138. The second-order valence-corrected chi connectivity index (χ2v) is 11.8. The Labute approximate surface area is 253 Å². The molecule has 44 heavy (non-hydrogen) atoms. The SMILES string of the molecule is COC(=O)N1C(=O)[C@H]2[C@H](CC=C3[C@H]2C[C@H]2C(=O)C(c4ccccc4)=CC(=O)[C@@]2(c2ccccc2)[C@H]3c2ccccc2O)C1=O. The molecule has 0 radical (unpaired) electrons. The molecule has 220 valence electrons. The van der Waals surface area contributed by atoms with Gasteiger partial charge in [0.25, 0.3) is 0 Å². The zero-order valence-electron chi connectivity index (χ0n) is 23.9. The number of ketones is 2. The highest BCUT2D eigenvalue weighted by Gasteiger charge is 2.66. The van der Waals surface area contributed by atoms with Crippen LogP contribution in [0.2, 0.25) is 0 Å². The number of amides is 3. The van der Waals surface area contributed by atoms with E-state index < -0.39 is 52.9 Å². The van der Waals surface area contributed by atoms with Gasteiger partial charge in [-0.2, -0.15) is 4.90 Å². The Bertz CT molecular complexity index is 1790. The van der Waals surface area contributed by atoms with Crippen LogP contribution in [-0.4, -0.2) is 46.6 Å². The lowest BCUT2D eigenvalue weighted by Gasteiger charge is -2.55. The van der Waals surface area contributed by atoms with E-state index in [1.165, 1.54) is 6.08 Å². The number of fused-ring (bicyclic) bond motifs is 4. The van der Waals surface area contributed by atoms with Crippen LogP contribution in [0.3, 0.4) is 0 Å². The van der Waals surface area contributed by atoms with Crippen molar-refractivity contribution in [1.82, 2.24) is 4.90 Å². The fourth-order valence-corrected chi connectivity index (χ4v) is 8.22. The average molecular weight is 588 g/mol. The monoisotopic (exact) mass is 587 g/mol. The van der Waals surface area contributed by atoms with Crippen LogP contribution >= 0.6 is 0 Å². The predicted octanol–water partition coefficient (Wildman–Crippen LogP) is 4.98. The Kier molecular flexibility index (Phi) is 6.46. The van der Waals surface area contributed by atoms with Crippen molar-refractivity contribution in [2.45, 2.75) is 24.2 Å². The first-order valence-corrected chi connectivity index (χ1v) is 14.7. The summed E-state index contributed by atoms with van der Waals surface area (Å²) in [4.78, 5) is 69.9. The standard InChI is InChI=1S/C36H29NO7/c1-44-35(43)37-33(41)24-17-16-22-26(30(24)34(37)42)18-27-32(40)25(20-10-4-2-5-11-20)19-29(39)36(27,21-12-6-3-7-13-21)31(22)23-14-8-9-15-28(23)38/h2-16,19,24,26-27,30-31,38H,17-18H2,1H3/t24-,26+,27-,30-,31+,36-/m0/s1. The maximum absolute atomic E-state index is 14.8. The minimum Gasteiger partial charge on any atom is -0.508 e. The summed E-state index contributed by atoms with van der Waals surface area (Å²) in [6.07, 6.45) is 2.55. The number of nitrogens with zero attached hydrogens (tertiary/aromatic N) is 1. The van der Waals surface area contributed by atoms with Crippen molar-refractivity contribution < 1.29 is 33.8 Å². The average Bonchev–Trinajstić information content (AvgIpc) is 3.31. The molecule has 0 aromatic heterocycles. The van der Waals surface area contributed by atoms with Crippen LogP contribution in [0, 0.1) is 23.7 Å². The third-order valence-electron chi connectivity index (χ3n) is 9.98. The molecule has 0 spiro atoms. The van der Waals surface area contributed by atoms with Crippen molar-refractivity contribution in [1.29, 1.82) is 0 Å². The van der Waals surface area contributed by atoms with Gasteiger partial charge in [-0.15, -0.1) is 0 Å². The molecule has 2 fully saturated rings. The minimum atomic E-state index is -1.43. The van der Waals surface area contributed by atoms with Gasteiger partial charge in [-0.1, -0.05) is 90.5 Å². The Morgan fingerprint density at radius 2 is 1.52 bits per heavy atom. The number of imide groups is 3. The molecule has 8 nitrogen and oxygen atoms in total. The molecule has 3 aliphatic carbocycles. The molecule has 1 heterocycles. The number of allylic oxidation sites excluding steroid dienone is 4. The van der Waals surface area contributed by atoms with Crippen molar-refractivity contribution in [3.8, 4) is 5.75 Å². The number of hydrogen-bond acceptors (Lipinski definition) is 7. The van der Waals surface area contributed by atoms with Crippen LogP contribution in [0.25, 0.3) is 5.57 Å². The van der Waals surface area contributed by atoms with E-state index in [4.69, 9.17) is 4.74 Å². The summed E-state index contributed by atoms with van der Waals surface area (Å²) in [6.45, 7) is 0. The number of phenols is 1. The van der Waals surface area contributed by atoms with Gasteiger partial charge in [0, 0.05) is 23.0 Å². The lowest BCUT2D eigenvalue weighted by Crippen LogP contribution is -2.58. The number of methoxy groups -OCH3 is 1. The van der Waals surface area contributed by atoms with Gasteiger partial charge in [0.15, 0.2) is 11.6 Å². The van der Waals surface area contributed by atoms with Crippen molar-refractivity contribution in [2.75, 3.05) is 7.11 Å². The Hall–Kier alpha value is -5.11. The molecular weight excluding hydrogens is 558 g/mol. The third kappa shape index (κ3) is 3.73. The van der Waals surface area contributed by atoms with E-state index in [0.29, 0.717) is 27.2 Å². The fourth-order valence-electron chi connectivity index (χ4n) is 8.22. The molecule has 8 heteroatoms. The second-order valence-electron chi connectivity index (χ2n) is 11.8. The minimum absolute atomic E-state index is 0.0432. The van der Waals surface area contributed by atoms with Gasteiger partial charge in [0.05, 0.1) is 24.4 Å². The molecule has 4 aliphatic rings. The van der Waals surface area contributed by atoms with Gasteiger partial charge in [-0.3, -0.25) is 19.2 Å². The Balaban J connectivity index is 1.50. The molecular formula is C36H29NO7. The summed E-state index contributed by atoms with van der Waals surface area (Å²) in [5.74, 6) is -5.97. The Morgan fingerprint density at radius 1 is 0.864 bits per heavy atom. The van der Waals surface area contributed by atoms with E-state index >= 15 is 0 Å². The summed E-state index contributed by atoms with van der Waals surface area (Å²) in [7, 11) is 1.11. The van der Waals surface area contributed by atoms with Crippen molar-refractivity contribution >= 4 is 35.0 Å².